The summed E-state index contributed by atoms with van der Waals surface area (Å²) in [6.07, 6.45) is 1.62. The van der Waals surface area contributed by atoms with E-state index in [1.807, 2.05) is 24.3 Å². The lowest BCUT2D eigenvalue weighted by Gasteiger charge is -2.08. The van der Waals surface area contributed by atoms with E-state index in [1.165, 1.54) is 5.56 Å². The fourth-order valence-electron chi connectivity index (χ4n) is 2.11. The zero-order chi connectivity index (χ0) is 11.5. The molecule has 1 aliphatic rings. The van der Waals surface area contributed by atoms with Gasteiger partial charge in [-0.15, -0.1) is 0 Å². The monoisotopic (exact) mass is 239 g/mol. The number of halogens is 1. The third-order valence-electron chi connectivity index (χ3n) is 2.96. The number of benzene rings is 1. The molecule has 0 bridgehead atoms. The summed E-state index contributed by atoms with van der Waals surface area (Å²) in [5.41, 5.74) is 1.21. The summed E-state index contributed by atoms with van der Waals surface area (Å²) < 4.78 is 0. The minimum absolute atomic E-state index is 0.377. The van der Waals surface area contributed by atoms with Crippen molar-refractivity contribution in [1.82, 2.24) is 5.32 Å². The van der Waals surface area contributed by atoms with E-state index in [0.717, 1.165) is 18.0 Å². The van der Waals surface area contributed by atoms with Crippen molar-refractivity contribution in [3.63, 3.8) is 0 Å². The van der Waals surface area contributed by atoms with Gasteiger partial charge in [0.2, 0.25) is 0 Å². The van der Waals surface area contributed by atoms with Crippen molar-refractivity contribution in [1.29, 1.82) is 0 Å². The van der Waals surface area contributed by atoms with Crippen LogP contribution in [0, 0.1) is 5.92 Å². The highest BCUT2D eigenvalue weighted by molar-refractivity contribution is 6.30. The Kier molecular flexibility index (Phi) is 3.46. The first-order valence-electron chi connectivity index (χ1n) is 5.36. The van der Waals surface area contributed by atoms with Crippen LogP contribution in [0.25, 0.3) is 0 Å². The molecule has 1 aromatic rings. The van der Waals surface area contributed by atoms with Crippen LogP contribution >= 0.6 is 11.6 Å². The van der Waals surface area contributed by atoms with Crippen molar-refractivity contribution in [2.75, 3.05) is 6.54 Å². The molecular formula is C12H14ClNO2. The molecule has 1 saturated heterocycles. The maximum absolute atomic E-state index is 10.8. The van der Waals surface area contributed by atoms with Gasteiger partial charge in [0.1, 0.15) is 6.04 Å². The van der Waals surface area contributed by atoms with Crippen LogP contribution in [-0.4, -0.2) is 23.7 Å². The average Bonchev–Trinajstić information content (AvgIpc) is 2.70. The second-order valence-electron chi connectivity index (χ2n) is 4.23. The van der Waals surface area contributed by atoms with Crippen molar-refractivity contribution in [3.05, 3.63) is 34.9 Å². The first-order chi connectivity index (χ1) is 7.65. The molecule has 3 nitrogen and oxygen atoms in total. The minimum atomic E-state index is -0.751. The average molecular weight is 240 g/mol. The molecule has 86 valence electrons. The van der Waals surface area contributed by atoms with Crippen LogP contribution in [-0.2, 0) is 11.2 Å². The lowest BCUT2D eigenvalue weighted by atomic mass is 9.97. The van der Waals surface area contributed by atoms with Gasteiger partial charge in [-0.1, -0.05) is 23.7 Å². The van der Waals surface area contributed by atoms with Gasteiger partial charge >= 0.3 is 5.97 Å². The van der Waals surface area contributed by atoms with Crippen molar-refractivity contribution in [2.24, 2.45) is 5.92 Å². The van der Waals surface area contributed by atoms with E-state index in [4.69, 9.17) is 16.7 Å². The van der Waals surface area contributed by atoms with E-state index in [2.05, 4.69) is 5.32 Å². The molecule has 1 heterocycles. The molecule has 0 amide bonds. The van der Waals surface area contributed by atoms with Gasteiger partial charge in [0.15, 0.2) is 0 Å². The number of carboxylic acids is 1. The van der Waals surface area contributed by atoms with Gasteiger partial charge in [0.05, 0.1) is 0 Å². The van der Waals surface area contributed by atoms with Gasteiger partial charge in [0, 0.05) is 5.02 Å². The number of carbonyl (C=O) groups is 1. The second kappa shape index (κ2) is 4.85. The Morgan fingerprint density at radius 3 is 2.69 bits per heavy atom. The lowest BCUT2D eigenvalue weighted by Crippen LogP contribution is -2.29. The van der Waals surface area contributed by atoms with Gasteiger partial charge in [-0.05, 0) is 43.0 Å². The maximum atomic E-state index is 10.8. The third kappa shape index (κ3) is 2.74. The Labute approximate surface area is 99.4 Å². The quantitative estimate of drug-likeness (QED) is 0.848. The van der Waals surface area contributed by atoms with Crippen molar-refractivity contribution in [3.8, 4) is 0 Å². The first kappa shape index (κ1) is 11.4. The van der Waals surface area contributed by atoms with Crippen LogP contribution in [0.1, 0.15) is 12.0 Å². The lowest BCUT2D eigenvalue weighted by molar-refractivity contribution is -0.139. The van der Waals surface area contributed by atoms with Gasteiger partial charge in [-0.3, -0.25) is 4.79 Å². The Morgan fingerprint density at radius 1 is 1.44 bits per heavy atom. The Bertz CT molecular complexity index is 377. The smallest absolute Gasteiger partial charge is 0.320 e. The van der Waals surface area contributed by atoms with E-state index in [1.54, 1.807) is 0 Å². The number of carboxylic acid groups (broad SMARTS) is 1. The van der Waals surface area contributed by atoms with Gasteiger partial charge < -0.3 is 10.4 Å². The van der Waals surface area contributed by atoms with Gasteiger partial charge in [0.25, 0.3) is 0 Å². The van der Waals surface area contributed by atoms with Gasteiger partial charge in [-0.2, -0.15) is 0 Å². The molecule has 0 aliphatic carbocycles. The summed E-state index contributed by atoms with van der Waals surface area (Å²) in [5.74, 6) is -0.346. The minimum Gasteiger partial charge on any atom is -0.480 e. The Hall–Kier alpha value is -1.06. The molecule has 16 heavy (non-hydrogen) atoms. The summed E-state index contributed by atoms with van der Waals surface area (Å²) in [6, 6.07) is 7.35. The Balaban J connectivity index is 1.92. The van der Waals surface area contributed by atoms with Crippen LogP contribution in [0.3, 0.4) is 0 Å². The molecule has 0 unspecified atom stereocenters. The summed E-state index contributed by atoms with van der Waals surface area (Å²) in [4.78, 5) is 10.8. The fourth-order valence-corrected chi connectivity index (χ4v) is 2.23. The molecule has 1 aliphatic heterocycles. The molecule has 0 aromatic heterocycles. The van der Waals surface area contributed by atoms with Crippen molar-refractivity contribution >= 4 is 17.6 Å². The molecular weight excluding hydrogens is 226 g/mol. The molecule has 1 fully saturated rings. The standard InChI is InChI=1S/C12H14ClNO2/c13-10-3-1-8(2-4-10)5-9-6-11(12(15)16)14-7-9/h1-4,9,11,14H,5-7H2,(H,15,16)/t9-,11-/m1/s1. The number of nitrogens with one attached hydrogen (secondary N) is 1. The summed E-state index contributed by atoms with van der Waals surface area (Å²) >= 11 is 5.80. The number of aliphatic carboxylic acids is 1. The first-order valence-corrected chi connectivity index (χ1v) is 5.73. The Morgan fingerprint density at radius 2 is 2.12 bits per heavy atom. The maximum Gasteiger partial charge on any atom is 0.320 e. The highest BCUT2D eigenvalue weighted by atomic mass is 35.5. The zero-order valence-electron chi connectivity index (χ0n) is 8.82. The summed E-state index contributed by atoms with van der Waals surface area (Å²) in [7, 11) is 0. The second-order valence-corrected chi connectivity index (χ2v) is 4.67. The highest BCUT2D eigenvalue weighted by Gasteiger charge is 2.28. The van der Waals surface area contributed by atoms with E-state index in [0.29, 0.717) is 12.3 Å². The summed E-state index contributed by atoms with van der Waals surface area (Å²) in [6.45, 7) is 0.777. The van der Waals surface area contributed by atoms with E-state index in [9.17, 15) is 4.79 Å². The van der Waals surface area contributed by atoms with Crippen molar-refractivity contribution in [2.45, 2.75) is 18.9 Å². The summed E-state index contributed by atoms with van der Waals surface area (Å²) in [5, 5.41) is 12.6. The van der Waals surface area contributed by atoms with Crippen LogP contribution in [0.15, 0.2) is 24.3 Å². The molecule has 2 N–H and O–H groups in total. The number of hydrogen-bond acceptors (Lipinski definition) is 2. The molecule has 0 radical (unpaired) electrons. The van der Waals surface area contributed by atoms with Gasteiger partial charge in [-0.25, -0.2) is 0 Å². The highest BCUT2D eigenvalue weighted by Crippen LogP contribution is 2.20. The van der Waals surface area contributed by atoms with Crippen molar-refractivity contribution < 1.29 is 9.90 Å². The van der Waals surface area contributed by atoms with Crippen LogP contribution in [0.5, 0.6) is 0 Å². The molecule has 1 aromatic carbocycles. The predicted molar refractivity (Wildman–Crippen MR) is 62.7 cm³/mol. The largest absolute Gasteiger partial charge is 0.480 e. The number of rotatable bonds is 3. The third-order valence-corrected chi connectivity index (χ3v) is 3.21. The van der Waals surface area contributed by atoms with Crippen LogP contribution in [0.4, 0.5) is 0 Å². The molecule has 2 atom stereocenters. The molecule has 2 rings (SSSR count). The zero-order valence-corrected chi connectivity index (χ0v) is 9.57. The SMILES string of the molecule is O=C(O)[C@H]1C[C@@H](Cc2ccc(Cl)cc2)CN1. The van der Waals surface area contributed by atoms with E-state index < -0.39 is 5.97 Å². The number of hydrogen-bond donors (Lipinski definition) is 2. The van der Waals surface area contributed by atoms with E-state index >= 15 is 0 Å². The molecule has 0 spiro atoms. The fraction of sp³-hybridized carbons (Fsp3) is 0.417. The molecule has 0 saturated carbocycles. The van der Waals surface area contributed by atoms with Crippen LogP contribution < -0.4 is 5.32 Å². The topological polar surface area (TPSA) is 49.3 Å². The molecule has 4 heteroatoms. The normalized spacial score (nSPS) is 24.6. The van der Waals surface area contributed by atoms with Crippen LogP contribution in [0.2, 0.25) is 5.02 Å². The predicted octanol–water partition coefficient (Wildman–Crippen LogP) is 1.95. The van der Waals surface area contributed by atoms with E-state index in [-0.39, 0.29) is 6.04 Å².